The van der Waals surface area contributed by atoms with Crippen LogP contribution < -0.4 is 10.1 Å². The molecular weight excluding hydrogens is 337 g/mol. The number of hydrogen-bond acceptors (Lipinski definition) is 4. The molecule has 1 unspecified atom stereocenters. The summed E-state index contributed by atoms with van der Waals surface area (Å²) in [6, 6.07) is 3.61. The number of nitrogens with one attached hydrogen (secondary N) is 1. The Morgan fingerprint density at radius 2 is 2.22 bits per heavy atom. The van der Waals surface area contributed by atoms with Crippen LogP contribution in [0, 0.1) is 5.92 Å². The molecule has 1 aliphatic heterocycles. The number of amides is 1. The smallest absolute Gasteiger partial charge is 0.276 e. The van der Waals surface area contributed by atoms with Crippen LogP contribution in [-0.4, -0.2) is 48.6 Å². The van der Waals surface area contributed by atoms with E-state index in [2.05, 4.69) is 10.3 Å². The zero-order valence-corrected chi connectivity index (χ0v) is 15.6. The first-order valence-electron chi connectivity index (χ1n) is 7.67. The van der Waals surface area contributed by atoms with E-state index in [1.807, 2.05) is 31.9 Å². The molecule has 23 heavy (non-hydrogen) atoms. The van der Waals surface area contributed by atoms with Gasteiger partial charge in [-0.2, -0.15) is 0 Å². The Hall–Kier alpha value is -1.04. The molecule has 2 rings (SSSR count). The van der Waals surface area contributed by atoms with Crippen LogP contribution in [0.4, 0.5) is 0 Å². The van der Waals surface area contributed by atoms with Gasteiger partial charge in [-0.25, -0.2) is 4.98 Å². The van der Waals surface area contributed by atoms with Gasteiger partial charge in [-0.1, -0.05) is 0 Å². The van der Waals surface area contributed by atoms with Gasteiger partial charge in [0.2, 0.25) is 0 Å². The monoisotopic (exact) mass is 363 g/mol. The quantitative estimate of drug-likeness (QED) is 0.873. The van der Waals surface area contributed by atoms with Gasteiger partial charge < -0.3 is 15.0 Å². The van der Waals surface area contributed by atoms with Gasteiger partial charge in [0.05, 0.1) is 6.10 Å². The van der Waals surface area contributed by atoms with Crippen LogP contribution in [0.5, 0.6) is 5.75 Å². The second-order valence-corrected chi connectivity index (χ2v) is 5.83. The maximum absolute atomic E-state index is 12.7. The van der Waals surface area contributed by atoms with Gasteiger partial charge in [-0.15, -0.1) is 24.8 Å². The predicted octanol–water partition coefficient (Wildman–Crippen LogP) is 2.78. The zero-order chi connectivity index (χ0) is 15.2. The molecule has 0 aromatic carbocycles. The van der Waals surface area contributed by atoms with Crippen LogP contribution in [0.3, 0.4) is 0 Å². The summed E-state index contributed by atoms with van der Waals surface area (Å²) in [5.41, 5.74) is 0.427. The summed E-state index contributed by atoms with van der Waals surface area (Å²) in [6.45, 7) is 6.44. The summed E-state index contributed by atoms with van der Waals surface area (Å²) in [5, 5.41) is 3.20. The molecule has 0 saturated carbocycles. The number of hydrogen-bond donors (Lipinski definition) is 1. The van der Waals surface area contributed by atoms with Crippen molar-refractivity contribution >= 4 is 30.7 Å². The van der Waals surface area contributed by atoms with E-state index in [0.717, 1.165) is 26.1 Å². The van der Waals surface area contributed by atoms with Crippen molar-refractivity contribution in [3.05, 3.63) is 24.0 Å². The summed E-state index contributed by atoms with van der Waals surface area (Å²) in [6.07, 6.45) is 3.89. The molecule has 1 saturated heterocycles. The Labute approximate surface area is 151 Å². The summed E-state index contributed by atoms with van der Waals surface area (Å²) in [4.78, 5) is 18.9. The van der Waals surface area contributed by atoms with Crippen LogP contribution in [0.15, 0.2) is 18.3 Å². The molecule has 1 aromatic heterocycles. The molecule has 1 aliphatic rings. The van der Waals surface area contributed by atoms with Crippen molar-refractivity contribution < 1.29 is 9.53 Å². The highest BCUT2D eigenvalue weighted by atomic mass is 35.5. The van der Waals surface area contributed by atoms with E-state index in [-0.39, 0.29) is 36.8 Å². The van der Waals surface area contributed by atoms with E-state index in [1.165, 1.54) is 6.42 Å². The van der Waals surface area contributed by atoms with E-state index in [0.29, 0.717) is 17.4 Å². The highest BCUT2D eigenvalue weighted by Gasteiger charge is 2.26. The largest absolute Gasteiger partial charge is 0.489 e. The summed E-state index contributed by atoms with van der Waals surface area (Å²) in [5.74, 6) is 1.08. The fraction of sp³-hybridized carbons (Fsp3) is 0.625. The molecule has 0 spiro atoms. The normalized spacial score (nSPS) is 17.2. The number of aromatic nitrogens is 1. The van der Waals surface area contributed by atoms with Crippen molar-refractivity contribution in [1.29, 1.82) is 0 Å². The topological polar surface area (TPSA) is 54.5 Å². The minimum Gasteiger partial charge on any atom is -0.489 e. The molecule has 5 nitrogen and oxygen atoms in total. The van der Waals surface area contributed by atoms with E-state index in [4.69, 9.17) is 4.74 Å². The molecule has 7 heteroatoms. The van der Waals surface area contributed by atoms with Gasteiger partial charge in [-0.3, -0.25) is 4.79 Å². The molecular formula is C16H27Cl2N3O2. The number of ether oxygens (including phenoxy) is 1. The van der Waals surface area contributed by atoms with Crippen molar-refractivity contribution in [2.24, 2.45) is 5.92 Å². The number of piperidine rings is 1. The Kier molecular flexibility index (Phi) is 10.2. The van der Waals surface area contributed by atoms with Gasteiger partial charge in [0, 0.05) is 19.3 Å². The van der Waals surface area contributed by atoms with Crippen molar-refractivity contribution in [2.75, 3.05) is 26.7 Å². The lowest BCUT2D eigenvalue weighted by Gasteiger charge is -2.32. The van der Waals surface area contributed by atoms with Crippen molar-refractivity contribution in [3.63, 3.8) is 0 Å². The lowest BCUT2D eigenvalue weighted by atomic mass is 9.97. The standard InChI is InChI=1S/C16H25N3O2.2ClH/c1-12(2)21-14-7-4-8-18-15(14)16(20)19-9-5-6-13(11-19)10-17-3;;/h4,7-8,12-13,17H,5-6,9-11H2,1-3H3;2*1H. The van der Waals surface area contributed by atoms with Crippen molar-refractivity contribution in [3.8, 4) is 5.75 Å². The van der Waals surface area contributed by atoms with Crippen LogP contribution >= 0.6 is 24.8 Å². The molecule has 0 bridgehead atoms. The average Bonchev–Trinajstić information content (AvgIpc) is 2.47. The summed E-state index contributed by atoms with van der Waals surface area (Å²) < 4.78 is 5.71. The van der Waals surface area contributed by atoms with Gasteiger partial charge >= 0.3 is 0 Å². The first-order valence-corrected chi connectivity index (χ1v) is 7.67. The Balaban J connectivity index is 0.00000242. The van der Waals surface area contributed by atoms with E-state index >= 15 is 0 Å². The number of carbonyl (C=O) groups excluding carboxylic acids is 1. The number of halogens is 2. The van der Waals surface area contributed by atoms with Gasteiger partial charge in [0.15, 0.2) is 11.4 Å². The molecule has 1 aromatic rings. The summed E-state index contributed by atoms with van der Waals surface area (Å²) in [7, 11) is 1.95. The fourth-order valence-corrected chi connectivity index (χ4v) is 2.75. The highest BCUT2D eigenvalue weighted by molar-refractivity contribution is 5.95. The molecule has 2 heterocycles. The van der Waals surface area contributed by atoms with Crippen LogP contribution in [0.2, 0.25) is 0 Å². The average molecular weight is 364 g/mol. The fourth-order valence-electron chi connectivity index (χ4n) is 2.75. The SMILES string of the molecule is CNCC1CCCN(C(=O)c2ncccc2OC(C)C)C1.Cl.Cl. The Morgan fingerprint density at radius 3 is 2.87 bits per heavy atom. The van der Waals surface area contributed by atoms with Crippen LogP contribution in [0.25, 0.3) is 0 Å². The third-order valence-corrected chi connectivity index (χ3v) is 3.63. The number of rotatable bonds is 5. The summed E-state index contributed by atoms with van der Waals surface area (Å²) >= 11 is 0. The second kappa shape index (κ2) is 10.7. The van der Waals surface area contributed by atoms with Crippen LogP contribution in [-0.2, 0) is 0 Å². The lowest BCUT2D eigenvalue weighted by molar-refractivity contribution is 0.0661. The second-order valence-electron chi connectivity index (χ2n) is 5.83. The van der Waals surface area contributed by atoms with E-state index in [9.17, 15) is 4.79 Å². The van der Waals surface area contributed by atoms with E-state index in [1.54, 1.807) is 12.3 Å². The Bertz CT molecular complexity index is 484. The molecule has 1 amide bonds. The molecule has 1 fully saturated rings. The maximum atomic E-state index is 12.7. The first kappa shape index (κ1) is 22.0. The first-order chi connectivity index (χ1) is 10.1. The molecule has 0 aliphatic carbocycles. The molecule has 1 atom stereocenters. The lowest BCUT2D eigenvalue weighted by Crippen LogP contribution is -2.42. The number of likely N-dealkylation sites (tertiary alicyclic amines) is 1. The molecule has 0 radical (unpaired) electrons. The van der Waals surface area contributed by atoms with Gasteiger partial charge in [-0.05, 0) is 58.3 Å². The highest BCUT2D eigenvalue weighted by Crippen LogP contribution is 2.22. The van der Waals surface area contributed by atoms with Crippen LogP contribution in [0.1, 0.15) is 37.2 Å². The van der Waals surface area contributed by atoms with Gasteiger partial charge in [0.25, 0.3) is 5.91 Å². The van der Waals surface area contributed by atoms with Gasteiger partial charge in [0.1, 0.15) is 0 Å². The molecule has 132 valence electrons. The third kappa shape index (κ3) is 6.16. The number of carbonyl (C=O) groups is 1. The number of nitrogens with zero attached hydrogens (tertiary/aromatic N) is 2. The van der Waals surface area contributed by atoms with Crippen molar-refractivity contribution in [1.82, 2.24) is 15.2 Å². The zero-order valence-electron chi connectivity index (χ0n) is 13.9. The van der Waals surface area contributed by atoms with Crippen molar-refractivity contribution in [2.45, 2.75) is 32.8 Å². The maximum Gasteiger partial charge on any atom is 0.276 e. The van der Waals surface area contributed by atoms with E-state index < -0.39 is 0 Å². The Morgan fingerprint density at radius 1 is 1.48 bits per heavy atom. The number of pyridine rings is 1. The molecule has 1 N–H and O–H groups in total. The minimum absolute atomic E-state index is 0. The minimum atomic E-state index is -0.0212. The predicted molar refractivity (Wildman–Crippen MR) is 97.1 cm³/mol. The third-order valence-electron chi connectivity index (χ3n) is 3.63.